The van der Waals surface area contributed by atoms with E-state index in [1.165, 1.54) is 24.0 Å². The third-order valence-corrected chi connectivity index (χ3v) is 5.53. The second kappa shape index (κ2) is 5.29. The number of halogens is 1. The molecular weight excluding hydrogens is 284 g/mol. The molecule has 3 nitrogen and oxygen atoms in total. The van der Waals surface area contributed by atoms with Gasteiger partial charge in [-0.25, -0.2) is 0 Å². The highest BCUT2D eigenvalue weighted by atomic mass is 35.5. The summed E-state index contributed by atoms with van der Waals surface area (Å²) in [5.41, 5.74) is 9.08. The maximum Gasteiger partial charge on any atom is 0.224 e. The molecule has 114 valence electrons. The summed E-state index contributed by atoms with van der Waals surface area (Å²) >= 11 is 0. The van der Waals surface area contributed by atoms with Gasteiger partial charge in [-0.1, -0.05) is 24.3 Å². The summed E-state index contributed by atoms with van der Waals surface area (Å²) in [7, 11) is 0. The first-order valence-corrected chi connectivity index (χ1v) is 7.82. The van der Waals surface area contributed by atoms with Gasteiger partial charge in [-0.2, -0.15) is 0 Å². The lowest BCUT2D eigenvalue weighted by Gasteiger charge is -2.14. The van der Waals surface area contributed by atoms with Gasteiger partial charge in [0.05, 0.1) is 0 Å². The normalized spacial score (nSPS) is 30.4. The van der Waals surface area contributed by atoms with Gasteiger partial charge in [-0.3, -0.25) is 4.79 Å². The number of benzene rings is 1. The minimum Gasteiger partial charge on any atom is -0.354 e. The van der Waals surface area contributed by atoms with E-state index < -0.39 is 0 Å². The lowest BCUT2D eigenvalue weighted by molar-refractivity contribution is -0.122. The van der Waals surface area contributed by atoms with Crippen LogP contribution in [0.1, 0.15) is 36.8 Å². The van der Waals surface area contributed by atoms with E-state index in [0.717, 1.165) is 19.3 Å². The van der Waals surface area contributed by atoms with Gasteiger partial charge in [0.15, 0.2) is 0 Å². The minimum absolute atomic E-state index is 0. The first kappa shape index (κ1) is 14.9. The summed E-state index contributed by atoms with van der Waals surface area (Å²) < 4.78 is 0. The molecule has 0 heterocycles. The van der Waals surface area contributed by atoms with Crippen molar-refractivity contribution in [1.82, 2.24) is 5.32 Å². The molecule has 1 spiro atoms. The number of carbonyl (C=O) groups excluding carboxylic acids is 1. The molecule has 0 bridgehead atoms. The van der Waals surface area contributed by atoms with Crippen LogP contribution in [0, 0.1) is 11.8 Å². The largest absolute Gasteiger partial charge is 0.354 e. The van der Waals surface area contributed by atoms with Crippen LogP contribution in [0.4, 0.5) is 0 Å². The standard InChI is InChI=1S/C17H22N2O.ClH/c18-15(12-5-6-12)10-19-16(20)14-9-17(14)8-7-11-3-1-2-4-13(11)17;/h1-4,12,14-15H,5-10,18H2,(H,19,20);1H. The Morgan fingerprint density at radius 2 is 2.14 bits per heavy atom. The number of nitrogens with two attached hydrogens (primary N) is 1. The number of amides is 1. The summed E-state index contributed by atoms with van der Waals surface area (Å²) in [6, 6.07) is 8.78. The molecule has 4 heteroatoms. The molecule has 3 unspecified atom stereocenters. The Labute approximate surface area is 132 Å². The number of hydrogen-bond donors (Lipinski definition) is 2. The van der Waals surface area contributed by atoms with E-state index in [-0.39, 0.29) is 35.7 Å². The fraction of sp³-hybridized carbons (Fsp3) is 0.588. The maximum atomic E-state index is 12.4. The van der Waals surface area contributed by atoms with E-state index in [4.69, 9.17) is 5.73 Å². The van der Waals surface area contributed by atoms with Crippen molar-refractivity contribution in [1.29, 1.82) is 0 Å². The van der Waals surface area contributed by atoms with Crippen molar-refractivity contribution in [3.63, 3.8) is 0 Å². The zero-order valence-electron chi connectivity index (χ0n) is 12.2. The smallest absolute Gasteiger partial charge is 0.224 e. The molecule has 1 amide bonds. The number of fused-ring (bicyclic) bond motifs is 2. The van der Waals surface area contributed by atoms with Crippen molar-refractivity contribution in [3.05, 3.63) is 35.4 Å². The Morgan fingerprint density at radius 1 is 1.38 bits per heavy atom. The number of hydrogen-bond acceptors (Lipinski definition) is 2. The zero-order valence-corrected chi connectivity index (χ0v) is 13.0. The van der Waals surface area contributed by atoms with Crippen molar-refractivity contribution in [3.8, 4) is 0 Å². The van der Waals surface area contributed by atoms with Crippen LogP contribution in [-0.4, -0.2) is 18.5 Å². The average Bonchev–Trinajstić information content (AvgIpc) is 3.35. The quantitative estimate of drug-likeness (QED) is 0.895. The topological polar surface area (TPSA) is 55.1 Å². The molecule has 1 aromatic rings. The zero-order chi connectivity index (χ0) is 13.7. The summed E-state index contributed by atoms with van der Waals surface area (Å²) in [5, 5.41) is 3.08. The van der Waals surface area contributed by atoms with E-state index in [2.05, 4.69) is 29.6 Å². The van der Waals surface area contributed by atoms with Crippen LogP contribution in [0.15, 0.2) is 24.3 Å². The first-order valence-electron chi connectivity index (χ1n) is 7.82. The number of rotatable bonds is 4. The van der Waals surface area contributed by atoms with Gasteiger partial charge in [-0.15, -0.1) is 12.4 Å². The van der Waals surface area contributed by atoms with Gasteiger partial charge in [0, 0.05) is 23.9 Å². The molecule has 21 heavy (non-hydrogen) atoms. The third-order valence-electron chi connectivity index (χ3n) is 5.53. The number of nitrogens with one attached hydrogen (secondary N) is 1. The Morgan fingerprint density at radius 3 is 2.90 bits per heavy atom. The average molecular weight is 307 g/mol. The van der Waals surface area contributed by atoms with Gasteiger partial charge in [0.25, 0.3) is 0 Å². The van der Waals surface area contributed by atoms with Crippen molar-refractivity contribution >= 4 is 18.3 Å². The van der Waals surface area contributed by atoms with Gasteiger partial charge < -0.3 is 11.1 Å². The highest BCUT2D eigenvalue weighted by Crippen LogP contribution is 2.61. The van der Waals surface area contributed by atoms with E-state index in [9.17, 15) is 4.79 Å². The Bertz CT molecular complexity index is 557. The minimum atomic E-state index is 0. The Hall–Kier alpha value is -1.06. The summed E-state index contributed by atoms with van der Waals surface area (Å²) in [5.74, 6) is 1.05. The van der Waals surface area contributed by atoms with Gasteiger partial charge in [0.1, 0.15) is 0 Å². The van der Waals surface area contributed by atoms with Crippen molar-refractivity contribution in [2.45, 2.75) is 43.6 Å². The van der Waals surface area contributed by atoms with Crippen LogP contribution in [0.2, 0.25) is 0 Å². The summed E-state index contributed by atoms with van der Waals surface area (Å²) in [4.78, 5) is 12.4. The number of aryl methyl sites for hydroxylation is 1. The molecule has 3 N–H and O–H groups in total. The first-order chi connectivity index (χ1) is 9.71. The van der Waals surface area contributed by atoms with Crippen molar-refractivity contribution < 1.29 is 4.79 Å². The lowest BCUT2D eigenvalue weighted by Crippen LogP contribution is -2.40. The molecule has 3 aliphatic rings. The molecule has 3 atom stereocenters. The molecule has 2 fully saturated rings. The van der Waals surface area contributed by atoms with E-state index in [0.29, 0.717) is 12.5 Å². The Balaban J connectivity index is 0.00000132. The monoisotopic (exact) mass is 306 g/mol. The van der Waals surface area contributed by atoms with Crippen LogP contribution in [0.3, 0.4) is 0 Å². The molecule has 0 aromatic heterocycles. The van der Waals surface area contributed by atoms with E-state index in [1.54, 1.807) is 0 Å². The van der Waals surface area contributed by atoms with Gasteiger partial charge in [-0.05, 0) is 49.1 Å². The van der Waals surface area contributed by atoms with Crippen LogP contribution >= 0.6 is 12.4 Å². The lowest BCUT2D eigenvalue weighted by atomic mass is 9.95. The molecule has 4 rings (SSSR count). The molecule has 0 saturated heterocycles. The summed E-state index contributed by atoms with van der Waals surface area (Å²) in [6.07, 6.45) is 5.75. The molecule has 0 radical (unpaired) electrons. The van der Waals surface area contributed by atoms with Crippen LogP contribution in [-0.2, 0) is 16.6 Å². The van der Waals surface area contributed by atoms with Crippen LogP contribution in [0.25, 0.3) is 0 Å². The third kappa shape index (κ3) is 2.47. The summed E-state index contributed by atoms with van der Waals surface area (Å²) in [6.45, 7) is 0.651. The maximum absolute atomic E-state index is 12.4. The van der Waals surface area contributed by atoms with Crippen LogP contribution < -0.4 is 11.1 Å². The Kier molecular flexibility index (Phi) is 3.74. The second-order valence-electron chi connectivity index (χ2n) is 6.82. The SMILES string of the molecule is Cl.NC(CNC(=O)C1CC12CCc1ccccc12)C1CC1. The fourth-order valence-corrected chi connectivity index (χ4v) is 3.97. The van der Waals surface area contributed by atoms with Gasteiger partial charge in [0.2, 0.25) is 5.91 Å². The number of carbonyl (C=O) groups is 1. The molecule has 1 aromatic carbocycles. The highest BCUT2D eigenvalue weighted by molar-refractivity contribution is 5.85. The van der Waals surface area contributed by atoms with Crippen molar-refractivity contribution in [2.75, 3.05) is 6.54 Å². The van der Waals surface area contributed by atoms with Gasteiger partial charge >= 0.3 is 0 Å². The molecule has 2 saturated carbocycles. The second-order valence-corrected chi connectivity index (χ2v) is 6.82. The molecule has 3 aliphatic carbocycles. The van der Waals surface area contributed by atoms with Crippen molar-refractivity contribution in [2.24, 2.45) is 17.6 Å². The van der Waals surface area contributed by atoms with E-state index in [1.807, 2.05) is 0 Å². The predicted molar refractivity (Wildman–Crippen MR) is 85.5 cm³/mol. The molecular formula is C17H23ClN2O. The van der Waals surface area contributed by atoms with E-state index >= 15 is 0 Å². The van der Waals surface area contributed by atoms with Crippen LogP contribution in [0.5, 0.6) is 0 Å². The highest BCUT2D eigenvalue weighted by Gasteiger charge is 2.61. The molecule has 0 aliphatic heterocycles. The fourth-order valence-electron chi connectivity index (χ4n) is 3.97. The predicted octanol–water partition coefficient (Wildman–Crippen LogP) is 2.17.